The predicted octanol–water partition coefficient (Wildman–Crippen LogP) is 4.22. The normalized spacial score (nSPS) is 10.5. The van der Waals surface area contributed by atoms with Crippen LogP contribution in [-0.2, 0) is 11.2 Å². The Morgan fingerprint density at radius 1 is 1.25 bits per heavy atom. The van der Waals surface area contributed by atoms with Crippen LogP contribution in [-0.4, -0.2) is 21.0 Å². The topological polar surface area (TPSA) is 70.3 Å². The zero-order valence-electron chi connectivity index (χ0n) is 12.6. The van der Waals surface area contributed by atoms with E-state index < -0.39 is 5.97 Å². The molecule has 0 amide bonds. The molecule has 0 unspecified atom stereocenters. The van der Waals surface area contributed by atoms with Crippen molar-refractivity contribution in [3.05, 3.63) is 76.9 Å². The molecule has 2 aromatic carbocycles. The minimum atomic E-state index is -0.963. The number of imidazole rings is 1. The number of benzene rings is 2. The molecule has 3 aromatic rings. The number of aliphatic carboxylic acids is 1. The number of carboxylic acid groups (broad SMARTS) is 1. The molecular formula is C18H14ClN3O2. The number of hydrogen-bond donors (Lipinski definition) is 2. The quantitative estimate of drug-likeness (QED) is 0.552. The van der Waals surface area contributed by atoms with Crippen LogP contribution in [0.5, 0.6) is 0 Å². The molecule has 5 nitrogen and oxygen atoms in total. The third-order valence-corrected chi connectivity index (χ3v) is 3.41. The minimum Gasteiger partial charge on any atom is -0.478 e. The van der Waals surface area contributed by atoms with Crippen molar-refractivity contribution < 1.29 is 9.90 Å². The van der Waals surface area contributed by atoms with Crippen LogP contribution in [0.25, 0.3) is 22.0 Å². The summed E-state index contributed by atoms with van der Waals surface area (Å²) in [6.45, 7) is 7.03. The van der Waals surface area contributed by atoms with E-state index in [1.54, 1.807) is 18.2 Å². The molecule has 24 heavy (non-hydrogen) atoms. The van der Waals surface area contributed by atoms with E-state index in [9.17, 15) is 4.79 Å². The van der Waals surface area contributed by atoms with Crippen molar-refractivity contribution in [2.24, 2.45) is 0 Å². The summed E-state index contributed by atoms with van der Waals surface area (Å²) in [6.07, 6.45) is 3.31. The van der Waals surface area contributed by atoms with Gasteiger partial charge in [-0.1, -0.05) is 30.3 Å². The van der Waals surface area contributed by atoms with E-state index in [1.807, 2.05) is 30.3 Å². The maximum Gasteiger partial charge on any atom is 0.328 e. The molecule has 0 fully saturated rings. The van der Waals surface area contributed by atoms with Crippen LogP contribution in [0, 0.1) is 6.57 Å². The van der Waals surface area contributed by atoms with E-state index >= 15 is 0 Å². The van der Waals surface area contributed by atoms with Gasteiger partial charge in [-0.05, 0) is 29.3 Å². The summed E-state index contributed by atoms with van der Waals surface area (Å²) in [5.41, 5.74) is 4.19. The van der Waals surface area contributed by atoms with E-state index in [1.165, 1.54) is 0 Å². The van der Waals surface area contributed by atoms with Gasteiger partial charge in [-0.3, -0.25) is 0 Å². The van der Waals surface area contributed by atoms with Crippen molar-refractivity contribution >= 4 is 41.2 Å². The van der Waals surface area contributed by atoms with Crippen LogP contribution in [0.4, 0.5) is 5.69 Å². The summed E-state index contributed by atoms with van der Waals surface area (Å²) in [6, 6.07) is 13.0. The van der Waals surface area contributed by atoms with E-state index in [4.69, 9.17) is 11.7 Å². The zero-order valence-corrected chi connectivity index (χ0v) is 13.4. The maximum absolute atomic E-state index is 10.5. The molecule has 0 bridgehead atoms. The summed E-state index contributed by atoms with van der Waals surface area (Å²) < 4.78 is 0. The van der Waals surface area contributed by atoms with Gasteiger partial charge in [0.15, 0.2) is 5.69 Å². The van der Waals surface area contributed by atoms with Crippen LogP contribution in [0.15, 0.2) is 48.5 Å². The number of aromatic amines is 1. The first-order chi connectivity index (χ1) is 11.1. The largest absolute Gasteiger partial charge is 0.478 e. The van der Waals surface area contributed by atoms with Gasteiger partial charge in [0.25, 0.3) is 0 Å². The van der Waals surface area contributed by atoms with Gasteiger partial charge in [-0.25, -0.2) is 14.6 Å². The number of H-pyrrole nitrogens is 1. The number of carbonyl (C=O) groups is 1. The van der Waals surface area contributed by atoms with Gasteiger partial charge >= 0.3 is 5.97 Å². The van der Waals surface area contributed by atoms with Gasteiger partial charge < -0.3 is 10.1 Å². The van der Waals surface area contributed by atoms with Gasteiger partial charge in [-0.2, -0.15) is 0 Å². The number of rotatable bonds is 4. The van der Waals surface area contributed by atoms with Gasteiger partial charge in [0, 0.05) is 12.5 Å². The molecule has 0 aliphatic rings. The first-order valence-corrected chi connectivity index (χ1v) is 7.00. The molecule has 0 radical (unpaired) electrons. The Morgan fingerprint density at radius 2 is 2.00 bits per heavy atom. The zero-order chi connectivity index (χ0) is 16.2. The van der Waals surface area contributed by atoms with Crippen LogP contribution >= 0.6 is 12.4 Å². The third-order valence-electron chi connectivity index (χ3n) is 3.41. The highest BCUT2D eigenvalue weighted by molar-refractivity contribution is 5.85. The van der Waals surface area contributed by atoms with Crippen LogP contribution < -0.4 is 0 Å². The Bertz CT molecular complexity index is 937. The van der Waals surface area contributed by atoms with Gasteiger partial charge in [0.2, 0.25) is 0 Å². The molecule has 0 saturated carbocycles. The van der Waals surface area contributed by atoms with Crippen LogP contribution in [0.2, 0.25) is 0 Å². The van der Waals surface area contributed by atoms with Gasteiger partial charge in [-0.15, -0.1) is 12.4 Å². The molecule has 120 valence electrons. The van der Waals surface area contributed by atoms with Crippen molar-refractivity contribution in [1.29, 1.82) is 0 Å². The molecule has 1 heterocycles. The highest BCUT2D eigenvalue weighted by Crippen LogP contribution is 2.20. The van der Waals surface area contributed by atoms with E-state index in [0.29, 0.717) is 12.1 Å². The Morgan fingerprint density at radius 3 is 2.67 bits per heavy atom. The number of hydrogen-bond acceptors (Lipinski definition) is 2. The van der Waals surface area contributed by atoms with Crippen molar-refractivity contribution in [3.8, 4) is 0 Å². The Hall–Kier alpha value is -3.10. The van der Waals surface area contributed by atoms with Crippen LogP contribution in [0.1, 0.15) is 17.0 Å². The van der Waals surface area contributed by atoms with Crippen molar-refractivity contribution in [2.75, 3.05) is 0 Å². The summed E-state index contributed by atoms with van der Waals surface area (Å²) in [4.78, 5) is 21.6. The van der Waals surface area contributed by atoms with Crippen molar-refractivity contribution in [2.45, 2.75) is 6.42 Å². The lowest BCUT2D eigenvalue weighted by Gasteiger charge is -1.99. The summed E-state index contributed by atoms with van der Waals surface area (Å²) >= 11 is 0. The molecule has 0 atom stereocenters. The number of nitrogens with zero attached hydrogens (tertiary/aromatic N) is 2. The number of nitrogens with one attached hydrogen (secondary N) is 1. The average Bonchev–Trinajstić information content (AvgIpc) is 2.95. The highest BCUT2D eigenvalue weighted by atomic mass is 35.5. The lowest BCUT2D eigenvalue weighted by molar-refractivity contribution is -0.131. The Kier molecular flexibility index (Phi) is 5.35. The molecule has 0 saturated heterocycles. The lowest BCUT2D eigenvalue weighted by Crippen LogP contribution is -1.91. The molecule has 0 aliphatic heterocycles. The standard InChI is InChI=1S/C18H13N3O2.ClH/c1-19-14-7-8-15-16(11-14)21-17(20-15)10-13-4-2-12(3-5-13)6-9-18(22)23;/h2-9,11H,10H2,(H,20,21)(H,22,23);1H/b9-6+;. The average molecular weight is 340 g/mol. The number of carboxylic acids is 1. The number of fused-ring (bicyclic) bond motifs is 1. The first-order valence-electron chi connectivity index (χ1n) is 7.00. The third kappa shape index (κ3) is 4.00. The number of aromatic nitrogens is 2. The van der Waals surface area contributed by atoms with E-state index in [2.05, 4.69) is 14.8 Å². The molecular weight excluding hydrogens is 326 g/mol. The molecule has 3 rings (SSSR count). The summed E-state index contributed by atoms with van der Waals surface area (Å²) in [5.74, 6) is -0.133. The Balaban J connectivity index is 0.00000208. The molecule has 0 spiro atoms. The second-order valence-electron chi connectivity index (χ2n) is 5.09. The molecule has 1 aromatic heterocycles. The van der Waals surface area contributed by atoms with Gasteiger partial charge in [0.05, 0.1) is 17.6 Å². The molecule has 2 N–H and O–H groups in total. The molecule has 6 heteroatoms. The second-order valence-corrected chi connectivity index (χ2v) is 5.09. The fourth-order valence-electron chi connectivity index (χ4n) is 2.31. The fraction of sp³-hybridized carbons (Fsp3) is 0.0556. The smallest absolute Gasteiger partial charge is 0.328 e. The minimum absolute atomic E-state index is 0. The number of halogens is 1. The van der Waals surface area contributed by atoms with E-state index in [0.717, 1.165) is 34.1 Å². The fourth-order valence-corrected chi connectivity index (χ4v) is 2.31. The maximum atomic E-state index is 10.5. The highest BCUT2D eigenvalue weighted by Gasteiger charge is 2.05. The predicted molar refractivity (Wildman–Crippen MR) is 95.5 cm³/mol. The van der Waals surface area contributed by atoms with E-state index in [-0.39, 0.29) is 12.4 Å². The summed E-state index contributed by atoms with van der Waals surface area (Å²) in [5, 5.41) is 8.61. The first kappa shape index (κ1) is 17.3. The summed E-state index contributed by atoms with van der Waals surface area (Å²) in [7, 11) is 0. The molecule has 0 aliphatic carbocycles. The SMILES string of the molecule is Cl.[C-]#[N+]c1ccc2nc(Cc3ccc(/C=C/C(=O)O)cc3)[nH]c2c1. The monoisotopic (exact) mass is 339 g/mol. The second kappa shape index (κ2) is 7.44. The van der Waals surface area contributed by atoms with Crippen LogP contribution in [0.3, 0.4) is 0 Å². The van der Waals surface area contributed by atoms with Crippen molar-refractivity contribution in [1.82, 2.24) is 9.97 Å². The lowest BCUT2D eigenvalue weighted by atomic mass is 10.1. The Labute approximate surface area is 144 Å². The van der Waals surface area contributed by atoms with Crippen molar-refractivity contribution in [3.63, 3.8) is 0 Å². The van der Waals surface area contributed by atoms with Gasteiger partial charge in [0.1, 0.15) is 5.82 Å².